The molecule has 0 amide bonds. The molecule has 2 heterocycles. The Bertz CT molecular complexity index is 975. The van der Waals surface area contributed by atoms with Crippen LogP contribution in [0, 0.1) is 0 Å². The number of benzene rings is 2. The summed E-state index contributed by atoms with van der Waals surface area (Å²) in [4.78, 5) is 2.16. The van der Waals surface area contributed by atoms with Crippen LogP contribution in [0.15, 0.2) is 59.8 Å². The molecule has 1 aliphatic rings. The quantitative estimate of drug-likeness (QED) is 0.499. The molecule has 10 heteroatoms. The van der Waals surface area contributed by atoms with E-state index in [1.165, 1.54) is 23.9 Å². The Balaban J connectivity index is 1.50. The van der Waals surface area contributed by atoms with Crippen molar-refractivity contribution in [3.63, 3.8) is 0 Å². The number of anilines is 1. The largest absolute Gasteiger partial charge is 0.573 e. The fourth-order valence-corrected chi connectivity index (χ4v) is 4.11. The molecule has 0 spiro atoms. The van der Waals surface area contributed by atoms with E-state index in [1.54, 1.807) is 12.1 Å². The Morgan fingerprint density at radius 1 is 0.935 bits per heavy atom. The van der Waals surface area contributed by atoms with Crippen molar-refractivity contribution in [1.82, 2.24) is 14.8 Å². The molecule has 0 radical (unpaired) electrons. The summed E-state index contributed by atoms with van der Waals surface area (Å²) in [5.74, 6) is 1.11. The van der Waals surface area contributed by atoms with Crippen molar-refractivity contribution >= 4 is 17.7 Å². The van der Waals surface area contributed by atoms with Gasteiger partial charge >= 0.3 is 6.36 Å². The van der Waals surface area contributed by atoms with Gasteiger partial charge in [-0.3, -0.25) is 4.57 Å². The predicted molar refractivity (Wildman–Crippen MR) is 111 cm³/mol. The molecular weight excluding hydrogens is 429 g/mol. The van der Waals surface area contributed by atoms with Gasteiger partial charge in [-0.25, -0.2) is 0 Å². The summed E-state index contributed by atoms with van der Waals surface area (Å²) in [6.45, 7) is 3.41. The van der Waals surface area contributed by atoms with Crippen LogP contribution in [0.4, 0.5) is 19.1 Å². The number of alkyl halides is 3. The molecule has 31 heavy (non-hydrogen) atoms. The molecule has 0 bridgehead atoms. The fraction of sp³-hybridized carbons (Fsp3) is 0.333. The second kappa shape index (κ2) is 9.61. The van der Waals surface area contributed by atoms with Crippen LogP contribution in [0.3, 0.4) is 0 Å². The smallest absolute Gasteiger partial charge is 0.406 e. The van der Waals surface area contributed by atoms with Gasteiger partial charge in [0, 0.05) is 18.8 Å². The van der Waals surface area contributed by atoms with Crippen LogP contribution >= 0.6 is 11.8 Å². The summed E-state index contributed by atoms with van der Waals surface area (Å²) in [7, 11) is 0. The summed E-state index contributed by atoms with van der Waals surface area (Å²) >= 11 is 1.49. The second-order valence-corrected chi connectivity index (χ2v) is 7.88. The van der Waals surface area contributed by atoms with Crippen LogP contribution in [-0.2, 0) is 17.0 Å². The van der Waals surface area contributed by atoms with Gasteiger partial charge in [-0.15, -0.1) is 23.4 Å². The molecule has 0 saturated carbocycles. The molecule has 1 aliphatic heterocycles. The molecule has 1 fully saturated rings. The molecule has 4 rings (SSSR count). The zero-order valence-electron chi connectivity index (χ0n) is 16.6. The molecule has 1 aromatic heterocycles. The number of nitrogens with zero attached hydrogens (tertiary/aromatic N) is 4. The molecule has 0 aliphatic carbocycles. The van der Waals surface area contributed by atoms with Crippen molar-refractivity contribution < 1.29 is 22.6 Å². The third-order valence-electron chi connectivity index (χ3n) is 4.70. The minimum Gasteiger partial charge on any atom is -0.406 e. The van der Waals surface area contributed by atoms with Gasteiger partial charge in [-0.05, 0) is 23.3 Å². The summed E-state index contributed by atoms with van der Waals surface area (Å²) in [6.07, 6.45) is -4.69. The van der Waals surface area contributed by atoms with Crippen LogP contribution < -0.4 is 9.64 Å². The number of hydrogen-bond acceptors (Lipinski definition) is 6. The standard InChI is InChI=1S/C21H21F3N4O2S/c22-21(23,24)30-18-8-6-17(7-9-18)15-31-20-26-25-19(27-10-12-29-13-11-27)28(20)14-16-4-2-1-3-5-16/h1-9H,10-15H2. The molecule has 2 aromatic carbocycles. The van der Waals surface area contributed by atoms with Gasteiger partial charge in [0.25, 0.3) is 0 Å². The molecule has 1 saturated heterocycles. The lowest BCUT2D eigenvalue weighted by Crippen LogP contribution is -2.38. The average molecular weight is 450 g/mol. The minimum atomic E-state index is -4.69. The van der Waals surface area contributed by atoms with Gasteiger partial charge in [-0.2, -0.15) is 0 Å². The summed E-state index contributed by atoms with van der Waals surface area (Å²) < 4.78 is 48.5. The maximum absolute atomic E-state index is 12.3. The summed E-state index contributed by atoms with van der Waals surface area (Å²) in [5.41, 5.74) is 1.99. The van der Waals surface area contributed by atoms with Crippen molar-refractivity contribution in [2.24, 2.45) is 0 Å². The summed E-state index contributed by atoms with van der Waals surface area (Å²) in [5, 5.41) is 9.56. The lowest BCUT2D eigenvalue weighted by atomic mass is 10.2. The molecule has 6 nitrogen and oxygen atoms in total. The number of rotatable bonds is 7. The highest BCUT2D eigenvalue weighted by molar-refractivity contribution is 7.98. The zero-order valence-corrected chi connectivity index (χ0v) is 17.4. The van der Waals surface area contributed by atoms with Crippen molar-refractivity contribution in [3.05, 3.63) is 65.7 Å². The van der Waals surface area contributed by atoms with E-state index in [2.05, 4.69) is 36.5 Å². The second-order valence-electron chi connectivity index (χ2n) is 6.93. The number of morpholine rings is 1. The first-order valence-corrected chi connectivity index (χ1v) is 10.7. The Morgan fingerprint density at radius 3 is 2.32 bits per heavy atom. The highest BCUT2D eigenvalue weighted by Gasteiger charge is 2.31. The molecule has 0 N–H and O–H groups in total. The Morgan fingerprint density at radius 2 is 1.65 bits per heavy atom. The van der Waals surface area contributed by atoms with Gasteiger partial charge in [-0.1, -0.05) is 54.2 Å². The minimum absolute atomic E-state index is 0.233. The van der Waals surface area contributed by atoms with Crippen LogP contribution in [0.25, 0.3) is 0 Å². The Hall–Kier alpha value is -2.72. The lowest BCUT2D eigenvalue weighted by molar-refractivity contribution is -0.274. The summed E-state index contributed by atoms with van der Waals surface area (Å²) in [6, 6.07) is 15.9. The van der Waals surface area contributed by atoms with Gasteiger partial charge in [0.15, 0.2) is 5.16 Å². The van der Waals surface area contributed by atoms with Crippen molar-refractivity contribution in [1.29, 1.82) is 0 Å². The van der Waals surface area contributed by atoms with Crippen molar-refractivity contribution in [2.75, 3.05) is 31.2 Å². The van der Waals surface area contributed by atoms with E-state index in [1.807, 2.05) is 18.2 Å². The maximum atomic E-state index is 12.3. The lowest BCUT2D eigenvalue weighted by Gasteiger charge is -2.28. The number of thioether (sulfide) groups is 1. The SMILES string of the molecule is FC(F)(F)Oc1ccc(CSc2nnc(N3CCOCC3)n2Cc2ccccc2)cc1. The van der Waals surface area contributed by atoms with E-state index in [-0.39, 0.29) is 5.75 Å². The highest BCUT2D eigenvalue weighted by atomic mass is 32.2. The van der Waals surface area contributed by atoms with Crippen molar-refractivity contribution in [3.8, 4) is 5.75 Å². The van der Waals surface area contributed by atoms with Crippen molar-refractivity contribution in [2.45, 2.75) is 23.8 Å². The Kier molecular flexibility index (Phi) is 6.67. The van der Waals surface area contributed by atoms with Gasteiger partial charge in [0.2, 0.25) is 5.95 Å². The molecular formula is C21H21F3N4O2S. The van der Waals surface area contributed by atoms with E-state index in [9.17, 15) is 13.2 Å². The van der Waals surface area contributed by atoms with Gasteiger partial charge < -0.3 is 14.4 Å². The zero-order chi connectivity index (χ0) is 21.7. The van der Waals surface area contributed by atoms with Crippen LogP contribution in [-0.4, -0.2) is 47.4 Å². The van der Waals surface area contributed by atoms with Crippen LogP contribution in [0.1, 0.15) is 11.1 Å². The number of aromatic nitrogens is 3. The Labute approximate surface area is 182 Å². The number of hydrogen-bond donors (Lipinski definition) is 0. The molecule has 0 atom stereocenters. The monoisotopic (exact) mass is 450 g/mol. The maximum Gasteiger partial charge on any atom is 0.573 e. The topological polar surface area (TPSA) is 52.4 Å². The predicted octanol–water partition coefficient (Wildman–Crippen LogP) is 4.35. The van der Waals surface area contributed by atoms with Gasteiger partial charge in [0.1, 0.15) is 5.75 Å². The van der Waals surface area contributed by atoms with E-state index in [0.29, 0.717) is 25.5 Å². The number of ether oxygens (including phenoxy) is 2. The number of halogens is 3. The highest BCUT2D eigenvalue weighted by Crippen LogP contribution is 2.28. The van der Waals surface area contributed by atoms with Crippen LogP contribution in [0.2, 0.25) is 0 Å². The normalized spacial score (nSPS) is 14.6. The van der Waals surface area contributed by atoms with Gasteiger partial charge in [0.05, 0.1) is 19.8 Å². The third-order valence-corrected chi connectivity index (χ3v) is 5.74. The molecule has 164 valence electrons. The van der Waals surface area contributed by atoms with E-state index in [0.717, 1.165) is 35.3 Å². The first kappa shape index (κ1) is 21.5. The molecule has 3 aromatic rings. The first-order chi connectivity index (χ1) is 15.0. The molecule has 0 unspecified atom stereocenters. The van der Waals surface area contributed by atoms with E-state index < -0.39 is 6.36 Å². The average Bonchev–Trinajstić information content (AvgIpc) is 3.16. The van der Waals surface area contributed by atoms with E-state index in [4.69, 9.17) is 4.74 Å². The van der Waals surface area contributed by atoms with Crippen LogP contribution in [0.5, 0.6) is 5.75 Å². The fourth-order valence-electron chi connectivity index (χ4n) is 3.22. The van der Waals surface area contributed by atoms with E-state index >= 15 is 0 Å². The first-order valence-electron chi connectivity index (χ1n) is 9.75. The third kappa shape index (κ3) is 5.92.